The number of aliphatic hydroxyl groups is 1. The van der Waals surface area contributed by atoms with Gasteiger partial charge < -0.3 is 14.5 Å². The van der Waals surface area contributed by atoms with Gasteiger partial charge in [-0.2, -0.15) is 0 Å². The fourth-order valence-electron chi connectivity index (χ4n) is 9.70. The first kappa shape index (κ1) is 53.9. The molecule has 1 radical (unpaired) electrons. The largest absolute Gasteiger partial charge is 0.512 e. The number of pyridine rings is 3. The quantitative estimate of drug-likeness (QED) is 0.0745. The average Bonchev–Trinajstić information content (AvgIpc) is 4.01. The number of aromatic nitrogens is 3. The zero-order chi connectivity index (χ0) is 49.6. The number of rotatable bonds is 12. The summed E-state index contributed by atoms with van der Waals surface area (Å²) in [6, 6.07) is 37.2. The Morgan fingerprint density at radius 3 is 2.11 bits per heavy atom. The second-order valence-electron chi connectivity index (χ2n) is 20.6. The predicted molar refractivity (Wildman–Crippen MR) is 289 cm³/mol. The van der Waals surface area contributed by atoms with Crippen LogP contribution in [-0.4, -0.2) is 25.8 Å². The number of fused-ring (bicyclic) bond motifs is 5. The van der Waals surface area contributed by atoms with Crippen LogP contribution in [-0.2, 0) is 31.3 Å². The molecule has 4 heterocycles. The third-order valence-electron chi connectivity index (χ3n) is 15.0. The Morgan fingerprint density at radius 2 is 1.44 bits per heavy atom. The van der Waals surface area contributed by atoms with E-state index in [9.17, 15) is 9.90 Å². The van der Waals surface area contributed by atoms with Crippen molar-refractivity contribution >= 4 is 49.5 Å². The minimum absolute atomic E-state index is 0. The van der Waals surface area contributed by atoms with Gasteiger partial charge >= 0.3 is 0 Å². The number of benzene rings is 4. The van der Waals surface area contributed by atoms with Crippen LogP contribution in [0.25, 0.3) is 66.3 Å². The van der Waals surface area contributed by atoms with Crippen LogP contribution in [0.5, 0.6) is 0 Å². The summed E-state index contributed by atoms with van der Waals surface area (Å²) in [4.78, 5) is 26.4. The van der Waals surface area contributed by atoms with Gasteiger partial charge in [0.2, 0.25) is 5.71 Å². The van der Waals surface area contributed by atoms with Gasteiger partial charge in [0, 0.05) is 59.7 Å². The van der Waals surface area contributed by atoms with Crippen molar-refractivity contribution in [2.45, 2.75) is 147 Å². The van der Waals surface area contributed by atoms with Crippen molar-refractivity contribution in [2.24, 2.45) is 16.7 Å². The van der Waals surface area contributed by atoms with Crippen molar-refractivity contribution in [2.75, 3.05) is 0 Å². The van der Waals surface area contributed by atoms with Gasteiger partial charge in [-0.25, -0.2) is 4.98 Å². The summed E-state index contributed by atoms with van der Waals surface area (Å²) < 4.78 is 6.25. The number of allylic oxidation sites excluding steroid dienone is 2. The standard InChI is InChI=1S/C27H23N2O.C21H22N.C15H28O2.Ir/c1-16-13-23-22-9-7-17(2)29-27(22)30-26(23)24(14-16)25-21-10-8-19(18-5-3-4-6-18)15-20(21)11-12-28-25;1-14(2)10-17-6-5-7-21-19(17)8-9-20(22-21)18-12-15(3)11-16(4)13-18;1-7-14(5,8-2)12(16)11-13(17)15(6,9-3)10-4;/h7-13,15,18H,3-6H2,1-2H3;5-9,11-12,14H,10H2,1-4H3;11,16H,7-10H2,1-6H3;/q2*-1;;/b;;12-11-;. The SMILES string of the molecule is CCC(C)(CC)C(=O)/C=C(\O)C(C)(CC)CC.Cc1[c-]c(-c2ccc3c(CC(C)C)cccc3n2)cc(C)c1.Cc1[c-]c(-c2nccc3cc(C4CCCC4)ccc23)c2oc3nc(C)ccc3c2c1.[Ir]. The van der Waals surface area contributed by atoms with E-state index in [2.05, 4.69) is 131 Å². The zero-order valence-corrected chi connectivity index (χ0v) is 46.1. The summed E-state index contributed by atoms with van der Waals surface area (Å²) in [7, 11) is 0. The molecule has 0 amide bonds. The normalized spacial score (nSPS) is 13.4. The van der Waals surface area contributed by atoms with Crippen LogP contribution in [0.15, 0.2) is 107 Å². The van der Waals surface area contributed by atoms with Crippen LogP contribution in [0.1, 0.15) is 146 Å². The molecule has 0 saturated heterocycles. The van der Waals surface area contributed by atoms with Gasteiger partial charge in [0.15, 0.2) is 5.78 Å². The molecule has 0 unspecified atom stereocenters. The monoisotopic (exact) mass is 1110 g/mol. The summed E-state index contributed by atoms with van der Waals surface area (Å²) in [5.41, 5.74) is 13.2. The summed E-state index contributed by atoms with van der Waals surface area (Å²) >= 11 is 0. The molecule has 1 fully saturated rings. The van der Waals surface area contributed by atoms with Crippen LogP contribution in [0.4, 0.5) is 0 Å². The number of carbonyl (C=O) groups is 1. The minimum atomic E-state index is -0.337. The topological polar surface area (TPSA) is 89.1 Å². The molecule has 0 aliphatic heterocycles. The number of hydrogen-bond donors (Lipinski definition) is 1. The predicted octanol–water partition coefficient (Wildman–Crippen LogP) is 17.4. The van der Waals surface area contributed by atoms with Gasteiger partial charge in [-0.1, -0.05) is 142 Å². The molecule has 369 valence electrons. The van der Waals surface area contributed by atoms with Gasteiger partial charge in [0.05, 0.1) is 11.1 Å². The summed E-state index contributed by atoms with van der Waals surface area (Å²) in [5.74, 6) is 1.64. The maximum absolute atomic E-state index is 12.2. The van der Waals surface area contributed by atoms with Gasteiger partial charge in [-0.05, 0) is 121 Å². The van der Waals surface area contributed by atoms with Crippen LogP contribution in [0.3, 0.4) is 0 Å². The zero-order valence-electron chi connectivity index (χ0n) is 43.7. The molecule has 6 nitrogen and oxygen atoms in total. The average molecular weight is 1110 g/mol. The summed E-state index contributed by atoms with van der Waals surface area (Å²) in [6.07, 6.45) is 13.1. The Kier molecular flexibility index (Phi) is 17.8. The first-order valence-electron chi connectivity index (χ1n) is 25.5. The van der Waals surface area contributed by atoms with E-state index >= 15 is 0 Å². The third kappa shape index (κ3) is 12.0. The van der Waals surface area contributed by atoms with E-state index in [0.29, 0.717) is 17.5 Å². The Bertz CT molecular complexity index is 3110. The maximum Gasteiger partial charge on any atom is 0.216 e. The number of aryl methyl sites for hydroxylation is 4. The molecule has 4 aromatic carbocycles. The second kappa shape index (κ2) is 23.2. The molecule has 70 heavy (non-hydrogen) atoms. The molecule has 0 spiro atoms. The maximum atomic E-state index is 12.2. The molecule has 1 aliphatic carbocycles. The van der Waals surface area contributed by atoms with Crippen molar-refractivity contribution in [1.82, 2.24) is 15.0 Å². The first-order valence-corrected chi connectivity index (χ1v) is 25.5. The van der Waals surface area contributed by atoms with Crippen molar-refractivity contribution in [3.63, 3.8) is 0 Å². The Hall–Kier alpha value is -5.49. The second-order valence-corrected chi connectivity index (χ2v) is 20.6. The van der Waals surface area contributed by atoms with Gasteiger partial charge in [0.1, 0.15) is 5.76 Å². The Balaban J connectivity index is 0.000000180. The minimum Gasteiger partial charge on any atom is -0.512 e. The number of ketones is 1. The van der Waals surface area contributed by atoms with E-state index < -0.39 is 0 Å². The van der Waals surface area contributed by atoms with Crippen LogP contribution < -0.4 is 0 Å². The fraction of sp³-hybridized carbons (Fsp3) is 0.397. The smallest absolute Gasteiger partial charge is 0.216 e. The Labute approximate surface area is 431 Å². The van der Waals surface area contributed by atoms with E-state index in [1.165, 1.54) is 59.2 Å². The third-order valence-corrected chi connectivity index (χ3v) is 15.0. The van der Waals surface area contributed by atoms with Gasteiger partial charge in [-0.15, -0.1) is 52.6 Å². The number of aliphatic hydroxyl groups excluding tert-OH is 1. The summed E-state index contributed by atoms with van der Waals surface area (Å²) in [5, 5.41) is 15.9. The molecule has 0 bridgehead atoms. The number of carbonyl (C=O) groups excluding carboxylic acids is 1. The molecular formula is C63H73IrN3O3-2. The van der Waals surface area contributed by atoms with E-state index in [-0.39, 0.29) is 42.5 Å². The van der Waals surface area contributed by atoms with E-state index in [4.69, 9.17) is 14.4 Å². The van der Waals surface area contributed by atoms with E-state index in [1.807, 2.05) is 60.7 Å². The van der Waals surface area contributed by atoms with Crippen molar-refractivity contribution in [3.05, 3.63) is 149 Å². The first-order chi connectivity index (χ1) is 33.0. The molecule has 7 heteroatoms. The van der Waals surface area contributed by atoms with Crippen LogP contribution in [0.2, 0.25) is 0 Å². The van der Waals surface area contributed by atoms with Crippen molar-refractivity contribution in [1.29, 1.82) is 0 Å². The molecule has 4 aromatic heterocycles. The van der Waals surface area contributed by atoms with E-state index in [1.54, 1.807) is 0 Å². The van der Waals surface area contributed by atoms with Crippen molar-refractivity contribution in [3.8, 4) is 22.5 Å². The molecule has 1 saturated carbocycles. The number of hydrogen-bond acceptors (Lipinski definition) is 6. The van der Waals surface area contributed by atoms with Gasteiger partial charge in [-0.3, -0.25) is 9.78 Å². The molecule has 1 aliphatic rings. The number of furan rings is 1. The Morgan fingerprint density at radius 1 is 0.771 bits per heavy atom. The van der Waals surface area contributed by atoms with Crippen LogP contribution >= 0.6 is 0 Å². The molecule has 8 aromatic rings. The summed E-state index contributed by atoms with van der Waals surface area (Å²) in [6.45, 7) is 24.9. The van der Waals surface area contributed by atoms with Crippen LogP contribution in [0, 0.1) is 56.6 Å². The molecular weight excluding hydrogens is 1040 g/mol. The fourth-order valence-corrected chi connectivity index (χ4v) is 9.70. The van der Waals surface area contributed by atoms with E-state index in [0.717, 1.165) is 98.7 Å². The van der Waals surface area contributed by atoms with Crippen molar-refractivity contribution < 1.29 is 34.4 Å². The van der Waals surface area contributed by atoms with Gasteiger partial charge in [0.25, 0.3) is 0 Å². The molecule has 1 N–H and O–H groups in total. The molecule has 0 atom stereocenters. The number of nitrogens with zero attached hydrogens (tertiary/aromatic N) is 3. The molecule has 9 rings (SSSR count).